The molecule has 1 aromatic carbocycles. The third-order valence-corrected chi connectivity index (χ3v) is 1.96. The van der Waals surface area contributed by atoms with E-state index in [-0.39, 0.29) is 27.7 Å². The number of rotatable bonds is 1. The van der Waals surface area contributed by atoms with Crippen LogP contribution in [0.4, 0.5) is 0 Å². The zero-order chi connectivity index (χ0) is 7.56. The van der Waals surface area contributed by atoms with Crippen LogP contribution in [0, 0.1) is 6.92 Å². The van der Waals surface area contributed by atoms with E-state index in [9.17, 15) is 8.42 Å². The van der Waals surface area contributed by atoms with E-state index in [1.54, 1.807) is 24.3 Å². The van der Waals surface area contributed by atoms with Gasteiger partial charge in [0.05, 0.1) is 4.90 Å². The normalized spacial score (nSPS) is 9.27. The van der Waals surface area contributed by atoms with Gasteiger partial charge in [-0.2, -0.15) is 0 Å². The molecule has 0 saturated heterocycles. The summed E-state index contributed by atoms with van der Waals surface area (Å²) in [5.74, 6) is 0. The van der Waals surface area contributed by atoms with Gasteiger partial charge < -0.3 is 0 Å². The molecule has 0 unspecified atom stereocenters. The van der Waals surface area contributed by atoms with Gasteiger partial charge in [-0.25, -0.2) is 8.42 Å². The molecule has 0 bridgehead atoms. The van der Waals surface area contributed by atoms with Gasteiger partial charge in [-0.15, -0.1) is 0 Å². The third kappa shape index (κ3) is 3.34. The van der Waals surface area contributed by atoms with Crippen molar-refractivity contribution in [3.63, 3.8) is 0 Å². The van der Waals surface area contributed by atoms with Gasteiger partial charge in [-0.1, -0.05) is 17.7 Å². The fraction of sp³-hybridized carbons (Fsp3) is 0.143. The Hall–Kier alpha value is 0.105. The molecule has 0 heterocycles. The number of benzene rings is 1. The van der Waals surface area contributed by atoms with E-state index >= 15 is 0 Å². The van der Waals surface area contributed by atoms with Gasteiger partial charge in [0, 0.05) is 27.7 Å². The molecule has 0 spiro atoms. The van der Waals surface area contributed by atoms with Crippen molar-refractivity contribution in [2.24, 2.45) is 0 Å². The smallest absolute Gasteiger partial charge is 0.168 e. The second-order valence-corrected chi connectivity index (χ2v) is 3.12. The predicted octanol–water partition coefficient (Wildman–Crippen LogP) is 0.963. The van der Waals surface area contributed by atoms with Crippen molar-refractivity contribution in [2.45, 2.75) is 11.8 Å². The molecule has 2 nitrogen and oxygen atoms in total. The molecule has 0 radical (unpaired) electrons. The van der Waals surface area contributed by atoms with E-state index in [1.807, 2.05) is 6.92 Å². The van der Waals surface area contributed by atoms with Crippen molar-refractivity contribution in [1.82, 2.24) is 0 Å². The number of hydrogen-bond donors (Lipinski definition) is 1. The first kappa shape index (κ1) is 11.1. The summed E-state index contributed by atoms with van der Waals surface area (Å²) in [5.41, 5.74) is 1.07. The van der Waals surface area contributed by atoms with Gasteiger partial charge in [0.15, 0.2) is 10.7 Å². The molecule has 0 saturated carbocycles. The van der Waals surface area contributed by atoms with Crippen molar-refractivity contribution in [3.05, 3.63) is 29.8 Å². The molecule has 0 fully saturated rings. The van der Waals surface area contributed by atoms with Crippen molar-refractivity contribution in [1.29, 1.82) is 0 Å². The topological polar surface area (TPSA) is 34.1 Å². The minimum Gasteiger partial charge on any atom is -0.227 e. The molecule has 0 aliphatic heterocycles. The molecule has 0 atom stereocenters. The van der Waals surface area contributed by atoms with Crippen LogP contribution < -0.4 is 0 Å². The van der Waals surface area contributed by atoms with Crippen LogP contribution in [0.25, 0.3) is 0 Å². The molecule has 0 amide bonds. The molecule has 56 valence electrons. The molecule has 0 aromatic heterocycles. The Bertz CT molecular complexity index is 282. The zero-order valence-corrected chi connectivity index (χ0v) is 12.7. The van der Waals surface area contributed by atoms with Crippen LogP contribution >= 0.6 is 0 Å². The van der Waals surface area contributed by atoms with Crippen LogP contribution in [0.15, 0.2) is 29.2 Å². The Morgan fingerprint density at radius 1 is 1.09 bits per heavy atom. The second-order valence-electron chi connectivity index (χ2n) is 2.09. The first-order valence-electron chi connectivity index (χ1n) is 2.91. The van der Waals surface area contributed by atoms with Crippen LogP contribution in [0.1, 0.15) is 5.56 Å². The summed E-state index contributed by atoms with van der Waals surface area (Å²) in [6.45, 7) is 1.92. The van der Waals surface area contributed by atoms with Gasteiger partial charge in [0.2, 0.25) is 0 Å². The molecule has 0 aliphatic rings. The minimum absolute atomic E-state index is 0. The Morgan fingerprint density at radius 3 is 1.91 bits per heavy atom. The third-order valence-electron chi connectivity index (χ3n) is 1.24. The Morgan fingerprint density at radius 2 is 1.55 bits per heavy atom. The second kappa shape index (κ2) is 4.88. The van der Waals surface area contributed by atoms with E-state index in [4.69, 9.17) is 0 Å². The Kier molecular flexibility index (Phi) is 4.92. The van der Waals surface area contributed by atoms with E-state index < -0.39 is 10.7 Å². The maximum Gasteiger partial charge on any atom is 0.168 e. The van der Waals surface area contributed by atoms with E-state index in [1.165, 1.54) is 0 Å². The standard InChI is InChI=1S/C7H8O2S.Hg/c1-6-2-4-7(5-3-6)10(8)9;/h2-5,10H,1H3;. The first-order valence-corrected chi connectivity index (χ1v) is 4.09. The molecule has 1 rings (SSSR count). The summed E-state index contributed by atoms with van der Waals surface area (Å²) in [6, 6.07) is 6.75. The molecular weight excluding hydrogens is 349 g/mol. The van der Waals surface area contributed by atoms with Crippen molar-refractivity contribution >= 4 is 10.7 Å². The maximum atomic E-state index is 10.3. The van der Waals surface area contributed by atoms with Gasteiger partial charge in [0.1, 0.15) is 0 Å². The largest absolute Gasteiger partial charge is 0.227 e. The molecule has 1 aromatic rings. The van der Waals surface area contributed by atoms with Crippen molar-refractivity contribution in [3.8, 4) is 0 Å². The predicted molar refractivity (Wildman–Crippen MR) is 39.8 cm³/mol. The molecular formula is C7H8HgO2S. The van der Waals surface area contributed by atoms with Crippen molar-refractivity contribution in [2.75, 3.05) is 0 Å². The van der Waals surface area contributed by atoms with Gasteiger partial charge in [0.25, 0.3) is 0 Å². The fourth-order valence-electron chi connectivity index (χ4n) is 0.666. The van der Waals surface area contributed by atoms with Crippen LogP contribution in [0.5, 0.6) is 0 Å². The first-order chi connectivity index (χ1) is 4.70. The Balaban J connectivity index is 0.000001000. The van der Waals surface area contributed by atoms with Gasteiger partial charge in [-0.05, 0) is 19.1 Å². The number of hydrogen-bond acceptors (Lipinski definition) is 2. The van der Waals surface area contributed by atoms with Crippen LogP contribution in [-0.4, -0.2) is 8.42 Å². The van der Waals surface area contributed by atoms with Gasteiger partial charge in [-0.3, -0.25) is 0 Å². The molecule has 4 heteroatoms. The fourth-order valence-corrected chi connectivity index (χ4v) is 1.06. The maximum absolute atomic E-state index is 10.3. The number of aryl methyl sites for hydroxylation is 1. The summed E-state index contributed by atoms with van der Waals surface area (Å²) in [5, 5.41) is 0. The summed E-state index contributed by atoms with van der Waals surface area (Å²) < 4.78 is 20.7. The zero-order valence-electron chi connectivity index (χ0n) is 6.28. The Labute approximate surface area is 88.1 Å². The van der Waals surface area contributed by atoms with E-state index in [2.05, 4.69) is 0 Å². The monoisotopic (exact) mass is 358 g/mol. The summed E-state index contributed by atoms with van der Waals surface area (Å²) in [4.78, 5) is 0.376. The van der Waals surface area contributed by atoms with Crippen LogP contribution in [-0.2, 0) is 38.4 Å². The van der Waals surface area contributed by atoms with E-state index in [0.29, 0.717) is 4.90 Å². The van der Waals surface area contributed by atoms with E-state index in [0.717, 1.165) is 5.56 Å². The quantitative estimate of drug-likeness (QED) is 0.601. The average Bonchev–Trinajstić information content (AvgIpc) is 1.88. The molecule has 0 aliphatic carbocycles. The molecule has 11 heavy (non-hydrogen) atoms. The summed E-state index contributed by atoms with van der Waals surface area (Å²) in [7, 11) is -2.41. The van der Waals surface area contributed by atoms with Gasteiger partial charge >= 0.3 is 0 Å². The minimum atomic E-state index is -2.41. The number of thiol groups is 1. The summed E-state index contributed by atoms with van der Waals surface area (Å²) in [6.07, 6.45) is 0. The van der Waals surface area contributed by atoms with Crippen LogP contribution in [0.3, 0.4) is 0 Å². The van der Waals surface area contributed by atoms with Crippen LogP contribution in [0.2, 0.25) is 0 Å². The molecule has 0 N–H and O–H groups in total. The SMILES string of the molecule is Cc1ccc([SH](=O)=O)cc1.[Hg]. The summed E-state index contributed by atoms with van der Waals surface area (Å²) >= 11 is 0. The average molecular weight is 357 g/mol. The van der Waals surface area contributed by atoms with Crippen molar-refractivity contribution < 1.29 is 36.1 Å².